The predicted octanol–water partition coefficient (Wildman–Crippen LogP) is 4.35. The van der Waals surface area contributed by atoms with Gasteiger partial charge in [-0.15, -0.1) is 0 Å². The van der Waals surface area contributed by atoms with Crippen LogP contribution in [0.4, 0.5) is 4.39 Å². The van der Waals surface area contributed by atoms with E-state index in [9.17, 15) is 9.18 Å². The van der Waals surface area contributed by atoms with E-state index < -0.39 is 5.82 Å². The fourth-order valence-electron chi connectivity index (χ4n) is 2.81. The maximum absolute atomic E-state index is 14.0. The molecule has 0 fully saturated rings. The van der Waals surface area contributed by atoms with Gasteiger partial charge in [0.2, 0.25) is 5.91 Å². The molecule has 0 saturated carbocycles. The van der Waals surface area contributed by atoms with Crippen LogP contribution in [-0.4, -0.2) is 33.7 Å². The van der Waals surface area contributed by atoms with Gasteiger partial charge in [0.05, 0.1) is 16.8 Å². The SMILES string of the molecule is CSCc1nc2ccccc2n1CC(=O)N(C)Cc1c(F)cccc1Cl. The predicted molar refractivity (Wildman–Crippen MR) is 105 cm³/mol. The Hall–Kier alpha value is -2.05. The molecule has 0 saturated heterocycles. The molecule has 0 aliphatic heterocycles. The zero-order chi connectivity index (χ0) is 18.7. The third kappa shape index (κ3) is 3.86. The zero-order valence-electron chi connectivity index (χ0n) is 14.6. The highest BCUT2D eigenvalue weighted by atomic mass is 35.5. The van der Waals surface area contributed by atoms with E-state index >= 15 is 0 Å². The van der Waals surface area contributed by atoms with Gasteiger partial charge in [-0.05, 0) is 30.5 Å². The maximum Gasteiger partial charge on any atom is 0.242 e. The van der Waals surface area contributed by atoms with Gasteiger partial charge < -0.3 is 9.47 Å². The zero-order valence-corrected chi connectivity index (χ0v) is 16.1. The molecular weight excluding hydrogens is 373 g/mol. The number of hydrogen-bond acceptors (Lipinski definition) is 3. The van der Waals surface area contributed by atoms with Gasteiger partial charge in [-0.2, -0.15) is 11.8 Å². The van der Waals surface area contributed by atoms with Gasteiger partial charge in [-0.1, -0.05) is 29.8 Å². The molecule has 0 N–H and O–H groups in total. The number of carbonyl (C=O) groups is 1. The molecular formula is C19H19ClFN3OS. The minimum atomic E-state index is -0.409. The van der Waals surface area contributed by atoms with Crippen LogP contribution in [0.2, 0.25) is 5.02 Å². The lowest BCUT2D eigenvalue weighted by Gasteiger charge is -2.19. The summed E-state index contributed by atoms with van der Waals surface area (Å²) in [5, 5.41) is 0.320. The van der Waals surface area contributed by atoms with E-state index in [2.05, 4.69) is 4.98 Å². The molecule has 3 rings (SSSR count). The van der Waals surface area contributed by atoms with Crippen LogP contribution in [0.1, 0.15) is 11.4 Å². The van der Waals surface area contributed by atoms with Gasteiger partial charge in [0.15, 0.2) is 0 Å². The van der Waals surface area contributed by atoms with E-state index in [4.69, 9.17) is 11.6 Å². The van der Waals surface area contributed by atoms with E-state index in [-0.39, 0.29) is 19.0 Å². The summed E-state index contributed by atoms with van der Waals surface area (Å²) in [6.07, 6.45) is 2.00. The topological polar surface area (TPSA) is 38.1 Å². The number of benzene rings is 2. The van der Waals surface area contributed by atoms with Crippen molar-refractivity contribution in [3.8, 4) is 0 Å². The van der Waals surface area contributed by atoms with Crippen LogP contribution in [0, 0.1) is 5.82 Å². The first-order chi connectivity index (χ1) is 12.5. The number of amides is 1. The summed E-state index contributed by atoms with van der Waals surface area (Å²) in [6, 6.07) is 12.3. The van der Waals surface area contributed by atoms with Gasteiger partial charge in [-0.3, -0.25) is 4.79 Å². The average Bonchev–Trinajstić information content (AvgIpc) is 2.96. The van der Waals surface area contributed by atoms with Crippen LogP contribution in [-0.2, 0) is 23.6 Å². The van der Waals surface area contributed by atoms with Gasteiger partial charge in [0, 0.05) is 24.2 Å². The number of fused-ring (bicyclic) bond motifs is 1. The molecule has 1 aromatic heterocycles. The lowest BCUT2D eigenvalue weighted by molar-refractivity contribution is -0.131. The van der Waals surface area contributed by atoms with Crippen LogP contribution in [0.15, 0.2) is 42.5 Å². The second kappa shape index (κ2) is 8.10. The van der Waals surface area contributed by atoms with E-state index in [1.54, 1.807) is 30.9 Å². The van der Waals surface area contributed by atoms with Crippen molar-refractivity contribution in [2.75, 3.05) is 13.3 Å². The third-order valence-corrected chi connectivity index (χ3v) is 5.08. The summed E-state index contributed by atoms with van der Waals surface area (Å²) >= 11 is 7.72. The van der Waals surface area contributed by atoms with Crippen molar-refractivity contribution >= 4 is 40.3 Å². The number of likely N-dealkylation sites (N-methyl/N-ethyl adjacent to an activating group) is 1. The normalized spacial score (nSPS) is 11.1. The van der Waals surface area contributed by atoms with Crippen LogP contribution in [0.25, 0.3) is 11.0 Å². The summed E-state index contributed by atoms with van der Waals surface area (Å²) in [6.45, 7) is 0.272. The Morgan fingerprint density at radius 3 is 2.77 bits per heavy atom. The van der Waals surface area contributed by atoms with E-state index in [1.165, 1.54) is 11.0 Å². The largest absolute Gasteiger partial charge is 0.340 e. The molecule has 0 spiro atoms. The Balaban J connectivity index is 1.83. The highest BCUT2D eigenvalue weighted by Crippen LogP contribution is 2.22. The molecule has 7 heteroatoms. The highest BCUT2D eigenvalue weighted by molar-refractivity contribution is 7.97. The molecule has 136 valence electrons. The molecule has 0 aliphatic carbocycles. The van der Waals surface area contributed by atoms with E-state index in [0.717, 1.165) is 16.9 Å². The van der Waals surface area contributed by atoms with Crippen molar-refractivity contribution in [3.05, 3.63) is 64.7 Å². The number of nitrogens with zero attached hydrogens (tertiary/aromatic N) is 3. The van der Waals surface area contributed by atoms with Crippen LogP contribution in [0.3, 0.4) is 0 Å². The number of rotatable bonds is 6. The Kier molecular flexibility index (Phi) is 5.84. The van der Waals surface area contributed by atoms with E-state index in [0.29, 0.717) is 16.3 Å². The molecule has 0 bridgehead atoms. The first kappa shape index (κ1) is 18.7. The van der Waals surface area contributed by atoms with Crippen molar-refractivity contribution in [1.29, 1.82) is 0 Å². The number of para-hydroxylation sites is 2. The van der Waals surface area contributed by atoms with Gasteiger partial charge in [-0.25, -0.2) is 9.37 Å². The first-order valence-electron chi connectivity index (χ1n) is 8.11. The number of aromatic nitrogens is 2. The van der Waals surface area contributed by atoms with Crippen LogP contribution >= 0.6 is 23.4 Å². The summed E-state index contributed by atoms with van der Waals surface area (Å²) in [7, 11) is 1.65. The summed E-state index contributed by atoms with van der Waals surface area (Å²) in [4.78, 5) is 18.8. The average molecular weight is 392 g/mol. The van der Waals surface area contributed by atoms with Crippen molar-refractivity contribution in [2.24, 2.45) is 0 Å². The highest BCUT2D eigenvalue weighted by Gasteiger charge is 2.18. The molecule has 3 aromatic rings. The van der Waals surface area contributed by atoms with Crippen LogP contribution in [0.5, 0.6) is 0 Å². The first-order valence-corrected chi connectivity index (χ1v) is 9.88. The van der Waals surface area contributed by atoms with Crippen molar-refractivity contribution in [3.63, 3.8) is 0 Å². The quantitative estimate of drug-likeness (QED) is 0.627. The Morgan fingerprint density at radius 1 is 1.27 bits per heavy atom. The maximum atomic E-state index is 14.0. The summed E-state index contributed by atoms with van der Waals surface area (Å²) in [5.74, 6) is 1.03. The summed E-state index contributed by atoms with van der Waals surface area (Å²) in [5.41, 5.74) is 2.11. The van der Waals surface area contributed by atoms with Gasteiger partial charge >= 0.3 is 0 Å². The molecule has 0 unspecified atom stereocenters. The van der Waals surface area contributed by atoms with Crippen molar-refractivity contribution in [1.82, 2.24) is 14.5 Å². The minimum Gasteiger partial charge on any atom is -0.340 e. The molecule has 4 nitrogen and oxygen atoms in total. The number of carbonyl (C=O) groups excluding carboxylic acids is 1. The fraction of sp³-hybridized carbons (Fsp3) is 0.263. The Morgan fingerprint density at radius 2 is 2.04 bits per heavy atom. The Bertz CT molecular complexity index is 923. The minimum absolute atomic E-state index is 0.120. The van der Waals surface area contributed by atoms with Crippen LogP contribution < -0.4 is 0 Å². The number of thioether (sulfide) groups is 1. The third-order valence-electron chi connectivity index (χ3n) is 4.18. The summed E-state index contributed by atoms with van der Waals surface area (Å²) < 4.78 is 15.9. The number of halogens is 2. The monoisotopic (exact) mass is 391 g/mol. The number of hydrogen-bond donors (Lipinski definition) is 0. The van der Waals surface area contributed by atoms with Crippen molar-refractivity contribution in [2.45, 2.75) is 18.8 Å². The molecule has 0 aliphatic rings. The lowest BCUT2D eigenvalue weighted by Crippen LogP contribution is -2.30. The molecule has 1 heterocycles. The smallest absolute Gasteiger partial charge is 0.242 e. The molecule has 2 aromatic carbocycles. The molecule has 0 atom stereocenters. The second-order valence-corrected chi connectivity index (χ2v) is 7.26. The molecule has 0 radical (unpaired) electrons. The van der Waals surface area contributed by atoms with Gasteiger partial charge in [0.25, 0.3) is 0 Å². The number of imidazole rings is 1. The van der Waals surface area contributed by atoms with Crippen molar-refractivity contribution < 1.29 is 9.18 Å². The fourth-order valence-corrected chi connectivity index (χ4v) is 3.51. The van der Waals surface area contributed by atoms with Gasteiger partial charge in [0.1, 0.15) is 18.2 Å². The molecule has 26 heavy (non-hydrogen) atoms. The second-order valence-electron chi connectivity index (χ2n) is 5.99. The Labute approximate surface area is 161 Å². The standard InChI is InChI=1S/C19H19ClFN3OS/c1-23(10-13-14(20)6-5-7-15(13)21)19(25)11-24-17-9-4-3-8-16(17)22-18(24)12-26-2/h3-9H,10-12H2,1-2H3. The lowest BCUT2D eigenvalue weighted by atomic mass is 10.2. The molecule has 1 amide bonds. The van der Waals surface area contributed by atoms with E-state index in [1.807, 2.05) is 35.1 Å².